The van der Waals surface area contributed by atoms with Gasteiger partial charge in [0.1, 0.15) is 0 Å². The Kier molecular flexibility index (Phi) is 3.90. The van der Waals surface area contributed by atoms with Gasteiger partial charge in [0.25, 0.3) is 0 Å². The van der Waals surface area contributed by atoms with Crippen LogP contribution in [0.3, 0.4) is 0 Å². The van der Waals surface area contributed by atoms with E-state index < -0.39 is 11.7 Å². The zero-order valence-electron chi connectivity index (χ0n) is 9.66. The third kappa shape index (κ3) is 3.83. The van der Waals surface area contributed by atoms with Crippen molar-refractivity contribution in [1.29, 1.82) is 0 Å². The summed E-state index contributed by atoms with van der Waals surface area (Å²) >= 11 is 5.74. The first-order chi connectivity index (χ1) is 8.95. The Balaban J connectivity index is 2.13. The van der Waals surface area contributed by atoms with Crippen LogP contribution in [0, 0.1) is 0 Å². The van der Waals surface area contributed by atoms with Gasteiger partial charge in [-0.1, -0.05) is 23.7 Å². The number of hydrogen-bond donors (Lipinski definition) is 0. The molecule has 5 heteroatoms. The Morgan fingerprint density at radius 3 is 2.00 bits per heavy atom. The zero-order chi connectivity index (χ0) is 13.9. The van der Waals surface area contributed by atoms with Crippen molar-refractivity contribution in [1.82, 2.24) is 0 Å². The summed E-state index contributed by atoms with van der Waals surface area (Å²) in [5.74, 6) is 0. The molecule has 0 fully saturated rings. The summed E-state index contributed by atoms with van der Waals surface area (Å²) in [6.07, 6.45) is -2.75. The van der Waals surface area contributed by atoms with Crippen LogP contribution in [-0.2, 0) is 6.18 Å². The quantitative estimate of drug-likeness (QED) is 0.679. The van der Waals surface area contributed by atoms with E-state index in [4.69, 9.17) is 11.6 Å². The molecule has 0 aliphatic heterocycles. The van der Waals surface area contributed by atoms with Crippen molar-refractivity contribution in [3.63, 3.8) is 0 Å². The molecule has 2 rings (SSSR count). The summed E-state index contributed by atoms with van der Waals surface area (Å²) < 4.78 is 37.1. The van der Waals surface area contributed by atoms with Crippen molar-refractivity contribution < 1.29 is 13.2 Å². The Bertz CT molecular complexity index is 571. The average Bonchev–Trinajstić information content (AvgIpc) is 2.37. The summed E-state index contributed by atoms with van der Waals surface area (Å²) in [6, 6.07) is 11.7. The second-order valence-electron chi connectivity index (χ2n) is 3.85. The lowest BCUT2D eigenvalue weighted by Gasteiger charge is -2.05. The Morgan fingerprint density at radius 1 is 0.895 bits per heavy atom. The lowest BCUT2D eigenvalue weighted by molar-refractivity contribution is -0.137. The molecule has 98 valence electrons. The second-order valence-corrected chi connectivity index (χ2v) is 4.29. The minimum atomic E-state index is -4.32. The summed E-state index contributed by atoms with van der Waals surface area (Å²) in [7, 11) is 0. The minimum absolute atomic E-state index is 0.461. The number of halogens is 4. The fourth-order valence-electron chi connectivity index (χ4n) is 1.43. The fraction of sp³-hybridized carbons (Fsp3) is 0.0714. The Morgan fingerprint density at radius 2 is 1.47 bits per heavy atom. The van der Waals surface area contributed by atoms with Gasteiger partial charge in [0, 0.05) is 11.2 Å². The third-order valence-corrected chi connectivity index (χ3v) is 2.68. The smallest absolute Gasteiger partial charge is 0.256 e. The van der Waals surface area contributed by atoms with Gasteiger partial charge < -0.3 is 0 Å². The molecule has 0 amide bonds. The molecule has 1 nitrogen and oxygen atoms in total. The largest absolute Gasteiger partial charge is 0.416 e. The molecule has 2 aromatic carbocycles. The lowest BCUT2D eigenvalue weighted by Crippen LogP contribution is -2.03. The van der Waals surface area contributed by atoms with E-state index in [1.54, 1.807) is 30.5 Å². The average molecular weight is 284 g/mol. The van der Waals surface area contributed by atoms with Crippen LogP contribution in [0.1, 0.15) is 11.1 Å². The molecule has 0 aliphatic rings. The van der Waals surface area contributed by atoms with Gasteiger partial charge >= 0.3 is 6.18 Å². The highest BCUT2D eigenvalue weighted by Gasteiger charge is 2.29. The standard InChI is InChI=1S/C14H9ClF3N/c15-12-5-1-10(2-6-12)9-19-13-7-3-11(4-8-13)14(16,17)18/h1-9H. The van der Waals surface area contributed by atoms with Crippen LogP contribution in [0.25, 0.3) is 0 Å². The number of aliphatic imine (C=N–C) groups is 1. The lowest BCUT2D eigenvalue weighted by atomic mass is 10.2. The highest BCUT2D eigenvalue weighted by atomic mass is 35.5. The Labute approximate surface area is 113 Å². The van der Waals surface area contributed by atoms with Crippen molar-refractivity contribution >= 4 is 23.5 Å². The van der Waals surface area contributed by atoms with Crippen LogP contribution in [0.2, 0.25) is 5.02 Å². The first-order valence-electron chi connectivity index (χ1n) is 5.42. The maximum absolute atomic E-state index is 12.4. The van der Waals surface area contributed by atoms with E-state index in [1.807, 2.05) is 0 Å². The van der Waals surface area contributed by atoms with Gasteiger partial charge in [-0.15, -0.1) is 0 Å². The minimum Gasteiger partial charge on any atom is -0.256 e. The summed E-state index contributed by atoms with van der Waals surface area (Å²) in [5.41, 5.74) is 0.602. The van der Waals surface area contributed by atoms with Gasteiger partial charge in [0.15, 0.2) is 0 Å². The van der Waals surface area contributed by atoms with Crippen LogP contribution >= 0.6 is 11.6 Å². The van der Waals surface area contributed by atoms with Crippen LogP contribution in [-0.4, -0.2) is 6.21 Å². The molecule has 0 saturated carbocycles. The molecule has 0 unspecified atom stereocenters. The molecule has 0 atom stereocenters. The molecule has 0 radical (unpaired) electrons. The fourth-order valence-corrected chi connectivity index (χ4v) is 1.56. The molecule has 0 bridgehead atoms. The predicted molar refractivity (Wildman–Crippen MR) is 70.2 cm³/mol. The van der Waals surface area contributed by atoms with E-state index in [1.165, 1.54) is 12.1 Å². The number of alkyl halides is 3. The third-order valence-electron chi connectivity index (χ3n) is 2.43. The summed E-state index contributed by atoms with van der Waals surface area (Å²) in [6.45, 7) is 0. The molecular weight excluding hydrogens is 275 g/mol. The first-order valence-corrected chi connectivity index (χ1v) is 5.80. The van der Waals surface area contributed by atoms with Gasteiger partial charge in [-0.2, -0.15) is 13.2 Å². The van der Waals surface area contributed by atoms with Crippen molar-refractivity contribution in [3.05, 3.63) is 64.7 Å². The molecule has 2 aromatic rings. The van der Waals surface area contributed by atoms with Crippen molar-refractivity contribution in [3.8, 4) is 0 Å². The topological polar surface area (TPSA) is 12.4 Å². The monoisotopic (exact) mass is 283 g/mol. The second kappa shape index (κ2) is 5.45. The van der Waals surface area contributed by atoms with Crippen molar-refractivity contribution in [2.45, 2.75) is 6.18 Å². The van der Waals surface area contributed by atoms with Crippen LogP contribution in [0.5, 0.6) is 0 Å². The SMILES string of the molecule is FC(F)(F)c1ccc(N=Cc2ccc(Cl)cc2)cc1. The maximum Gasteiger partial charge on any atom is 0.416 e. The highest BCUT2D eigenvalue weighted by Crippen LogP contribution is 2.30. The Hall–Kier alpha value is -1.81. The molecule has 0 heterocycles. The van der Waals surface area contributed by atoms with Gasteiger partial charge in [-0.25, -0.2) is 0 Å². The molecule has 0 aromatic heterocycles. The van der Waals surface area contributed by atoms with Gasteiger partial charge in [-0.05, 0) is 42.0 Å². The number of hydrogen-bond acceptors (Lipinski definition) is 1. The van der Waals surface area contributed by atoms with E-state index in [-0.39, 0.29) is 0 Å². The number of nitrogens with zero attached hydrogens (tertiary/aromatic N) is 1. The molecule has 19 heavy (non-hydrogen) atoms. The van der Waals surface area contributed by atoms with Crippen molar-refractivity contribution in [2.24, 2.45) is 4.99 Å². The molecular formula is C14H9ClF3N. The number of benzene rings is 2. The van der Waals surface area contributed by atoms with E-state index >= 15 is 0 Å². The van der Waals surface area contributed by atoms with Gasteiger partial charge in [0.2, 0.25) is 0 Å². The van der Waals surface area contributed by atoms with Crippen LogP contribution in [0.4, 0.5) is 18.9 Å². The van der Waals surface area contributed by atoms with Crippen LogP contribution < -0.4 is 0 Å². The normalized spacial score (nSPS) is 12.0. The molecule has 0 N–H and O–H groups in total. The molecule has 0 spiro atoms. The van der Waals surface area contributed by atoms with Crippen molar-refractivity contribution in [2.75, 3.05) is 0 Å². The van der Waals surface area contributed by atoms with Gasteiger partial charge in [-0.3, -0.25) is 4.99 Å². The maximum atomic E-state index is 12.4. The predicted octanol–water partition coefficient (Wildman–Crippen LogP) is 5.11. The summed E-state index contributed by atoms with van der Waals surface area (Å²) in [4.78, 5) is 4.09. The first kappa shape index (κ1) is 13.6. The highest BCUT2D eigenvalue weighted by molar-refractivity contribution is 6.30. The van der Waals surface area contributed by atoms with E-state index in [9.17, 15) is 13.2 Å². The summed E-state index contributed by atoms with van der Waals surface area (Å²) in [5, 5.41) is 0.617. The van der Waals surface area contributed by atoms with E-state index in [0.29, 0.717) is 10.7 Å². The van der Waals surface area contributed by atoms with E-state index in [2.05, 4.69) is 4.99 Å². The van der Waals surface area contributed by atoms with E-state index in [0.717, 1.165) is 17.7 Å². The van der Waals surface area contributed by atoms with Crippen LogP contribution in [0.15, 0.2) is 53.5 Å². The zero-order valence-corrected chi connectivity index (χ0v) is 10.4. The number of rotatable bonds is 2. The molecule has 0 aliphatic carbocycles. The molecule has 0 saturated heterocycles. The van der Waals surface area contributed by atoms with Gasteiger partial charge in [0.05, 0.1) is 11.3 Å².